The second kappa shape index (κ2) is 10.9. The van der Waals surface area contributed by atoms with Crippen molar-refractivity contribution in [2.45, 2.75) is 24.5 Å². The predicted octanol–water partition coefficient (Wildman–Crippen LogP) is -5.73. The number of nitrogens with one attached hydrogen (secondary N) is 1. The van der Waals surface area contributed by atoms with Gasteiger partial charge in [-0.05, 0) is 6.07 Å². The maximum absolute atomic E-state index is 11.8. The van der Waals surface area contributed by atoms with Crippen molar-refractivity contribution in [3.05, 3.63) is 17.8 Å². The third kappa shape index (κ3) is 7.45. The first-order valence-electron chi connectivity index (χ1n) is 7.64. The van der Waals surface area contributed by atoms with Gasteiger partial charge in [-0.3, -0.25) is 14.5 Å². The molecular weight excluding hydrogens is 449 g/mol. The normalized spacial score (nSPS) is 28.3. The number of hydrogen-bond donors (Lipinski definition) is 6. The van der Waals surface area contributed by atoms with Crippen LogP contribution in [0.4, 0.5) is 0 Å². The molecule has 160 valence electrons. The van der Waals surface area contributed by atoms with Crippen molar-refractivity contribution in [3.8, 4) is 6.01 Å². The number of aromatic nitrogens is 2. The van der Waals surface area contributed by atoms with Gasteiger partial charge in [-0.25, -0.2) is 14.1 Å². The van der Waals surface area contributed by atoms with E-state index in [0.717, 1.165) is 16.8 Å². The second-order valence-electron chi connectivity index (χ2n) is 5.49. The molecule has 1 aromatic heterocycles. The van der Waals surface area contributed by atoms with Crippen LogP contribution in [-0.4, -0.2) is 67.6 Å². The number of ether oxygens (including phenoxy) is 1. The first kappa shape index (κ1) is 26.8. The molecule has 6 atom stereocenters. The zero-order valence-electron chi connectivity index (χ0n) is 15.1. The van der Waals surface area contributed by atoms with Crippen molar-refractivity contribution in [2.75, 3.05) is 19.8 Å². The van der Waals surface area contributed by atoms with Gasteiger partial charge in [0.05, 0.1) is 19.2 Å². The third-order valence-corrected chi connectivity index (χ3v) is 6.06. The Balaban J connectivity index is 0.00000420. The first-order valence-corrected chi connectivity index (χ1v) is 10.6. The van der Waals surface area contributed by atoms with E-state index in [2.05, 4.69) is 18.3 Å². The fourth-order valence-corrected chi connectivity index (χ4v) is 4.31. The summed E-state index contributed by atoms with van der Waals surface area (Å²) in [4.78, 5) is 22.1. The van der Waals surface area contributed by atoms with Crippen LogP contribution in [0.1, 0.15) is 6.23 Å². The van der Waals surface area contributed by atoms with Crippen LogP contribution in [0.15, 0.2) is 12.3 Å². The molecule has 1 fully saturated rings. The van der Waals surface area contributed by atoms with Crippen LogP contribution in [0, 0.1) is 5.41 Å². The minimum Gasteiger partial charge on any atom is -0.846 e. The maximum atomic E-state index is 11.8. The van der Waals surface area contributed by atoms with E-state index in [1.54, 1.807) is 0 Å². The molecule has 7 N–H and O–H groups in total. The third-order valence-electron chi connectivity index (χ3n) is 3.42. The summed E-state index contributed by atoms with van der Waals surface area (Å²) in [5.41, 5.74) is 4.74. The molecule has 0 aliphatic carbocycles. The van der Waals surface area contributed by atoms with E-state index in [4.69, 9.17) is 15.9 Å². The standard InChI is InChI=1S/C11H20N4O11P2.Na/c12-2-4-23-27(19,20)26-28(21,22)24-5-6-8(16)9(17)10(25-6)15-3-1-7(13)14-11(15)18;/h1,3,6,8-10,16-17H,2,4-5,12H2,(H,19,20)(H,21,22)(H2,13,14,18);/q;+1/p-1/t6-,8-,9-,10-;/m1./s1. The minimum absolute atomic E-state index is 0. The molecule has 1 aromatic rings. The minimum atomic E-state index is -5.12. The number of phosphoric ester groups is 2. The topological polar surface area (TPSA) is 243 Å². The molecule has 1 aliphatic rings. The molecule has 2 rings (SSSR count). The van der Waals surface area contributed by atoms with Crippen LogP contribution < -0.4 is 45.9 Å². The van der Waals surface area contributed by atoms with E-state index in [-0.39, 0.29) is 41.6 Å². The zero-order valence-corrected chi connectivity index (χ0v) is 18.9. The Morgan fingerprint density at radius 2 is 1.90 bits per heavy atom. The van der Waals surface area contributed by atoms with Crippen molar-refractivity contribution >= 4 is 15.6 Å². The summed E-state index contributed by atoms with van der Waals surface area (Å²) in [6, 6.07) is 0.212. The molecule has 0 saturated carbocycles. The summed E-state index contributed by atoms with van der Waals surface area (Å²) >= 11 is 0. The van der Waals surface area contributed by atoms with Gasteiger partial charge >= 0.3 is 45.2 Å². The SMILES string of the molecule is N=c1ccn([C@@H]2O[C@H](COP(=O)(O)OP(=O)(O)OCCN)[C@@H](O)[C@H]2O)c([O-])n1.[Na+]. The summed E-state index contributed by atoms with van der Waals surface area (Å²) in [5, 5.41) is 39.1. The Kier molecular flexibility index (Phi) is 10.1. The van der Waals surface area contributed by atoms with Crippen molar-refractivity contribution in [3.63, 3.8) is 0 Å². The number of aliphatic hydroxyl groups is 2. The monoisotopic (exact) mass is 468 g/mol. The fourth-order valence-electron chi connectivity index (χ4n) is 2.22. The molecule has 1 aliphatic heterocycles. The smallest absolute Gasteiger partial charge is 0.846 e. The molecule has 0 amide bonds. The second-order valence-corrected chi connectivity index (χ2v) is 8.53. The molecule has 2 heterocycles. The summed E-state index contributed by atoms with van der Waals surface area (Å²) in [7, 11) is -10.1. The molecule has 2 unspecified atom stereocenters. The van der Waals surface area contributed by atoms with Gasteiger partial charge in [0.15, 0.2) is 6.23 Å². The molecule has 29 heavy (non-hydrogen) atoms. The predicted molar refractivity (Wildman–Crippen MR) is 85.1 cm³/mol. The Hall–Kier alpha value is -0.220. The molecule has 1 saturated heterocycles. The maximum Gasteiger partial charge on any atom is 1.00 e. The van der Waals surface area contributed by atoms with Crippen LogP contribution in [-0.2, 0) is 27.2 Å². The van der Waals surface area contributed by atoms with Gasteiger partial charge in [0.1, 0.15) is 23.8 Å². The molecule has 0 bridgehead atoms. The van der Waals surface area contributed by atoms with Crippen molar-refractivity contribution in [2.24, 2.45) is 5.73 Å². The number of aliphatic hydroxyl groups excluding tert-OH is 2. The van der Waals surface area contributed by atoms with Gasteiger partial charge in [-0.2, -0.15) is 4.31 Å². The van der Waals surface area contributed by atoms with Crippen molar-refractivity contribution < 1.29 is 81.9 Å². The molecule has 18 heteroatoms. The average Bonchev–Trinajstić information content (AvgIpc) is 2.86. The fraction of sp³-hybridized carbons (Fsp3) is 0.636. The number of rotatable bonds is 9. The van der Waals surface area contributed by atoms with Crippen molar-refractivity contribution in [1.82, 2.24) is 9.55 Å². The quantitative estimate of drug-likeness (QED) is 0.146. The summed E-state index contributed by atoms with van der Waals surface area (Å²) < 4.78 is 42.1. The summed E-state index contributed by atoms with van der Waals surface area (Å²) in [6.45, 7) is -1.43. The molecule has 0 aromatic carbocycles. The van der Waals surface area contributed by atoms with Crippen LogP contribution in [0.5, 0.6) is 6.01 Å². The number of phosphoric acid groups is 2. The number of nitrogens with zero attached hydrogens (tertiary/aromatic N) is 2. The van der Waals surface area contributed by atoms with E-state index in [1.807, 2.05) is 0 Å². The van der Waals surface area contributed by atoms with Crippen LogP contribution in [0.3, 0.4) is 0 Å². The Morgan fingerprint density at radius 1 is 1.28 bits per heavy atom. The van der Waals surface area contributed by atoms with Gasteiger partial charge in [-0.15, -0.1) is 0 Å². The van der Waals surface area contributed by atoms with Gasteiger partial charge in [0, 0.05) is 12.7 Å². The Labute approximate surface area is 186 Å². The van der Waals surface area contributed by atoms with Crippen LogP contribution in [0.25, 0.3) is 0 Å². The van der Waals surface area contributed by atoms with Crippen LogP contribution >= 0.6 is 15.6 Å². The summed E-state index contributed by atoms with van der Waals surface area (Å²) in [6.07, 6.45) is -5.00. The average molecular weight is 468 g/mol. The summed E-state index contributed by atoms with van der Waals surface area (Å²) in [5.74, 6) is 0. The number of hydrogen-bond acceptors (Lipinski definition) is 12. The van der Waals surface area contributed by atoms with Crippen molar-refractivity contribution in [1.29, 1.82) is 5.41 Å². The van der Waals surface area contributed by atoms with Gasteiger partial charge in [0.2, 0.25) is 0 Å². The molecular formula is C11H19N4NaO11P2. The van der Waals surface area contributed by atoms with E-state index >= 15 is 0 Å². The largest absolute Gasteiger partial charge is 1.00 e. The zero-order chi connectivity index (χ0) is 21.1. The van der Waals surface area contributed by atoms with Gasteiger partial charge in [0.25, 0.3) is 0 Å². The molecule has 0 radical (unpaired) electrons. The van der Waals surface area contributed by atoms with Gasteiger partial charge in [-0.1, -0.05) is 0 Å². The Morgan fingerprint density at radius 3 is 2.48 bits per heavy atom. The van der Waals surface area contributed by atoms with E-state index in [1.165, 1.54) is 0 Å². The Bertz CT molecular complexity index is 841. The van der Waals surface area contributed by atoms with E-state index in [0.29, 0.717) is 0 Å². The number of nitrogens with two attached hydrogens (primary N) is 1. The van der Waals surface area contributed by atoms with Gasteiger partial charge < -0.3 is 40.1 Å². The molecule has 0 spiro atoms. The molecule has 15 nitrogen and oxygen atoms in total. The first-order chi connectivity index (χ1) is 13.0. The van der Waals surface area contributed by atoms with Crippen LogP contribution in [0.2, 0.25) is 0 Å². The van der Waals surface area contributed by atoms with E-state index < -0.39 is 59.4 Å². The van der Waals surface area contributed by atoms with E-state index in [9.17, 15) is 34.2 Å².